The van der Waals surface area contributed by atoms with Gasteiger partial charge in [0, 0.05) is 6.07 Å². The molecule has 0 aromatic heterocycles. The molecule has 2 nitrogen and oxygen atoms in total. The summed E-state index contributed by atoms with van der Waals surface area (Å²) < 4.78 is 11.1. The SMILES string of the molecule is CC=COc1cccc(Oc2ccccc2)c1. The molecule has 0 atom stereocenters. The fraction of sp³-hybridized carbons (Fsp3) is 0.0667. The van der Waals surface area contributed by atoms with Gasteiger partial charge in [0.1, 0.15) is 17.2 Å². The van der Waals surface area contributed by atoms with Crippen LogP contribution in [0.4, 0.5) is 0 Å². The van der Waals surface area contributed by atoms with Gasteiger partial charge in [-0.2, -0.15) is 0 Å². The van der Waals surface area contributed by atoms with Crippen molar-refractivity contribution in [1.29, 1.82) is 0 Å². The van der Waals surface area contributed by atoms with E-state index in [1.807, 2.05) is 67.6 Å². The quantitative estimate of drug-likeness (QED) is 0.720. The average molecular weight is 226 g/mol. The molecule has 86 valence electrons. The van der Waals surface area contributed by atoms with E-state index in [1.165, 1.54) is 0 Å². The number of allylic oxidation sites excluding steroid dienone is 1. The maximum atomic E-state index is 5.69. The van der Waals surface area contributed by atoms with Crippen molar-refractivity contribution in [2.75, 3.05) is 0 Å². The Morgan fingerprint density at radius 3 is 2.29 bits per heavy atom. The Hall–Kier alpha value is -2.22. The lowest BCUT2D eigenvalue weighted by Crippen LogP contribution is -1.85. The van der Waals surface area contributed by atoms with Crippen LogP contribution >= 0.6 is 0 Å². The Morgan fingerprint density at radius 2 is 1.53 bits per heavy atom. The molecular weight excluding hydrogens is 212 g/mol. The Balaban J connectivity index is 2.11. The third-order valence-electron chi connectivity index (χ3n) is 2.12. The zero-order valence-corrected chi connectivity index (χ0v) is 9.67. The molecule has 2 rings (SSSR count). The highest BCUT2D eigenvalue weighted by atomic mass is 16.5. The number of para-hydroxylation sites is 1. The summed E-state index contributed by atoms with van der Waals surface area (Å²) in [7, 11) is 0. The predicted octanol–water partition coefficient (Wildman–Crippen LogP) is 4.39. The van der Waals surface area contributed by atoms with Gasteiger partial charge >= 0.3 is 0 Å². The molecular formula is C15H14O2. The van der Waals surface area contributed by atoms with Crippen LogP contribution in [0.2, 0.25) is 0 Å². The van der Waals surface area contributed by atoms with E-state index in [9.17, 15) is 0 Å². The van der Waals surface area contributed by atoms with Gasteiger partial charge in [-0.05, 0) is 31.2 Å². The minimum atomic E-state index is 0.761. The van der Waals surface area contributed by atoms with Crippen LogP contribution in [0.3, 0.4) is 0 Å². The molecule has 0 heterocycles. The summed E-state index contributed by atoms with van der Waals surface area (Å²) in [4.78, 5) is 0. The highest BCUT2D eigenvalue weighted by Gasteiger charge is 1.98. The third-order valence-corrected chi connectivity index (χ3v) is 2.12. The van der Waals surface area contributed by atoms with Crippen molar-refractivity contribution >= 4 is 0 Å². The van der Waals surface area contributed by atoms with Crippen LogP contribution in [0.25, 0.3) is 0 Å². The lowest BCUT2D eigenvalue weighted by atomic mass is 10.3. The zero-order valence-electron chi connectivity index (χ0n) is 9.67. The van der Waals surface area contributed by atoms with Crippen LogP contribution in [0.15, 0.2) is 66.9 Å². The Morgan fingerprint density at radius 1 is 0.824 bits per heavy atom. The van der Waals surface area contributed by atoms with Crippen molar-refractivity contribution in [2.24, 2.45) is 0 Å². The van der Waals surface area contributed by atoms with Gasteiger partial charge in [0.25, 0.3) is 0 Å². The maximum Gasteiger partial charge on any atom is 0.131 e. The standard InChI is InChI=1S/C15H14O2/c1-2-11-16-14-9-6-10-15(12-14)17-13-7-4-3-5-8-13/h2-12H,1H3. The molecule has 0 N–H and O–H groups in total. The largest absolute Gasteiger partial charge is 0.465 e. The van der Waals surface area contributed by atoms with Crippen LogP contribution in [-0.4, -0.2) is 0 Å². The lowest BCUT2D eigenvalue weighted by Gasteiger charge is -2.06. The predicted molar refractivity (Wildman–Crippen MR) is 68.4 cm³/mol. The summed E-state index contributed by atoms with van der Waals surface area (Å²) in [5.74, 6) is 2.34. The topological polar surface area (TPSA) is 18.5 Å². The molecule has 2 aromatic rings. The van der Waals surface area contributed by atoms with Crippen LogP contribution in [0, 0.1) is 0 Å². The molecule has 0 amide bonds. The van der Waals surface area contributed by atoms with E-state index in [4.69, 9.17) is 9.47 Å². The van der Waals surface area contributed by atoms with Crippen LogP contribution in [0.5, 0.6) is 17.2 Å². The van der Waals surface area contributed by atoms with E-state index >= 15 is 0 Å². The van der Waals surface area contributed by atoms with Crippen molar-refractivity contribution in [3.8, 4) is 17.2 Å². The first-order chi connectivity index (χ1) is 8.38. The van der Waals surface area contributed by atoms with Crippen LogP contribution in [0.1, 0.15) is 6.92 Å². The molecule has 17 heavy (non-hydrogen) atoms. The Bertz CT molecular complexity index is 489. The summed E-state index contributed by atoms with van der Waals surface area (Å²) in [6.45, 7) is 1.91. The molecule has 0 saturated carbocycles. The molecule has 0 spiro atoms. The smallest absolute Gasteiger partial charge is 0.131 e. The second-order valence-electron chi connectivity index (χ2n) is 3.48. The fourth-order valence-electron chi connectivity index (χ4n) is 1.38. The monoisotopic (exact) mass is 226 g/mol. The van der Waals surface area contributed by atoms with E-state index in [1.54, 1.807) is 6.26 Å². The van der Waals surface area contributed by atoms with Crippen molar-refractivity contribution in [3.05, 3.63) is 66.9 Å². The molecule has 0 saturated heterocycles. The third kappa shape index (κ3) is 3.38. The summed E-state index contributed by atoms with van der Waals surface area (Å²) in [6, 6.07) is 17.2. The molecule has 0 aliphatic heterocycles. The Labute approximate surface area is 101 Å². The van der Waals surface area contributed by atoms with E-state index in [0.29, 0.717) is 0 Å². The number of ether oxygens (including phenoxy) is 2. The number of hydrogen-bond acceptors (Lipinski definition) is 2. The highest BCUT2D eigenvalue weighted by Crippen LogP contribution is 2.24. The molecule has 0 radical (unpaired) electrons. The van der Waals surface area contributed by atoms with Gasteiger partial charge < -0.3 is 9.47 Å². The average Bonchev–Trinajstić information content (AvgIpc) is 2.38. The summed E-state index contributed by atoms with van der Waals surface area (Å²) in [5, 5.41) is 0. The highest BCUT2D eigenvalue weighted by molar-refractivity contribution is 5.36. The molecule has 2 heteroatoms. The van der Waals surface area contributed by atoms with Gasteiger partial charge in [0.05, 0.1) is 6.26 Å². The normalized spacial score (nSPS) is 10.4. The summed E-state index contributed by atoms with van der Waals surface area (Å²) >= 11 is 0. The first-order valence-electron chi connectivity index (χ1n) is 5.49. The number of benzene rings is 2. The molecule has 0 fully saturated rings. The second kappa shape index (κ2) is 5.75. The number of rotatable bonds is 4. The Kier molecular flexibility index (Phi) is 3.81. The molecule has 0 bridgehead atoms. The lowest BCUT2D eigenvalue weighted by molar-refractivity contribution is 0.459. The van der Waals surface area contributed by atoms with Crippen LogP contribution < -0.4 is 9.47 Å². The summed E-state index contributed by atoms with van der Waals surface area (Å²) in [5.41, 5.74) is 0. The van der Waals surface area contributed by atoms with E-state index in [0.717, 1.165) is 17.2 Å². The van der Waals surface area contributed by atoms with E-state index in [-0.39, 0.29) is 0 Å². The van der Waals surface area contributed by atoms with Gasteiger partial charge in [-0.25, -0.2) is 0 Å². The first kappa shape index (κ1) is 11.3. The van der Waals surface area contributed by atoms with Gasteiger partial charge in [0.2, 0.25) is 0 Å². The first-order valence-corrected chi connectivity index (χ1v) is 5.49. The van der Waals surface area contributed by atoms with Gasteiger partial charge in [-0.15, -0.1) is 0 Å². The maximum absolute atomic E-state index is 5.69. The molecule has 0 aliphatic carbocycles. The van der Waals surface area contributed by atoms with Gasteiger partial charge in [-0.3, -0.25) is 0 Å². The number of hydrogen-bond donors (Lipinski definition) is 0. The summed E-state index contributed by atoms with van der Waals surface area (Å²) in [6.07, 6.45) is 3.48. The molecule has 0 aliphatic rings. The molecule has 0 unspecified atom stereocenters. The van der Waals surface area contributed by atoms with Crippen molar-refractivity contribution < 1.29 is 9.47 Å². The minimum Gasteiger partial charge on any atom is -0.465 e. The minimum absolute atomic E-state index is 0.761. The van der Waals surface area contributed by atoms with Crippen molar-refractivity contribution in [2.45, 2.75) is 6.92 Å². The molecule has 2 aromatic carbocycles. The van der Waals surface area contributed by atoms with Crippen LogP contribution in [-0.2, 0) is 0 Å². The van der Waals surface area contributed by atoms with Crippen molar-refractivity contribution in [1.82, 2.24) is 0 Å². The zero-order chi connectivity index (χ0) is 11.9. The van der Waals surface area contributed by atoms with E-state index < -0.39 is 0 Å². The second-order valence-corrected chi connectivity index (χ2v) is 3.48. The van der Waals surface area contributed by atoms with Gasteiger partial charge in [-0.1, -0.05) is 30.3 Å². The van der Waals surface area contributed by atoms with Crippen molar-refractivity contribution in [3.63, 3.8) is 0 Å². The fourth-order valence-corrected chi connectivity index (χ4v) is 1.38. The van der Waals surface area contributed by atoms with E-state index in [2.05, 4.69) is 0 Å². The van der Waals surface area contributed by atoms with Gasteiger partial charge in [0.15, 0.2) is 0 Å².